The van der Waals surface area contributed by atoms with Crippen molar-refractivity contribution in [2.45, 2.75) is 12.3 Å². The molecule has 0 amide bonds. The minimum atomic E-state index is -3.31. The van der Waals surface area contributed by atoms with E-state index in [1.807, 2.05) is 0 Å². The van der Waals surface area contributed by atoms with Crippen LogP contribution in [0.1, 0.15) is 6.42 Å². The molecule has 0 saturated heterocycles. The first kappa shape index (κ1) is 7.83. The molecule has 4 heteroatoms. The Balaban J connectivity index is 2.50. The van der Waals surface area contributed by atoms with Gasteiger partial charge in [-0.3, -0.25) is 0 Å². The van der Waals surface area contributed by atoms with Gasteiger partial charge < -0.3 is 0 Å². The second kappa shape index (κ2) is 2.12. The van der Waals surface area contributed by atoms with Gasteiger partial charge in [-0.15, -0.1) is 0 Å². The summed E-state index contributed by atoms with van der Waals surface area (Å²) in [7, 11) is 0. The number of hydrogen-bond donors (Lipinski definition) is 0. The topological polar surface area (TPSA) is 0 Å². The van der Waals surface area contributed by atoms with Gasteiger partial charge >= 0.3 is 0 Å². The molecule has 0 heterocycles. The van der Waals surface area contributed by atoms with Crippen LogP contribution in [0.25, 0.3) is 0 Å². The highest BCUT2D eigenvalue weighted by atomic mass is 19.3. The number of hydrogen-bond acceptors (Lipinski definition) is 0. The molecule has 2 aliphatic carbocycles. The van der Waals surface area contributed by atoms with E-state index in [9.17, 15) is 17.6 Å². The normalized spacial score (nSPS) is 36.2. The predicted molar refractivity (Wildman–Crippen MR) is 34.9 cm³/mol. The first-order valence-corrected chi connectivity index (χ1v) is 3.65. The van der Waals surface area contributed by atoms with Gasteiger partial charge in [-0.1, -0.05) is 12.2 Å². The fourth-order valence-electron chi connectivity index (χ4n) is 1.89. The Hall–Kier alpha value is -0.800. The van der Waals surface area contributed by atoms with Gasteiger partial charge in [-0.2, -0.15) is 8.78 Å². The Kier molecular flexibility index (Phi) is 1.38. The highest BCUT2D eigenvalue weighted by molar-refractivity contribution is 5.35. The smallest absolute Gasteiger partial charge is 0.201 e. The Morgan fingerprint density at radius 3 is 2.33 bits per heavy atom. The van der Waals surface area contributed by atoms with Crippen LogP contribution in [0.5, 0.6) is 0 Å². The van der Waals surface area contributed by atoms with E-state index in [1.165, 1.54) is 12.2 Å². The zero-order valence-corrected chi connectivity index (χ0v) is 6.03. The van der Waals surface area contributed by atoms with Crippen molar-refractivity contribution in [1.82, 2.24) is 0 Å². The van der Waals surface area contributed by atoms with Crippen molar-refractivity contribution in [3.63, 3.8) is 0 Å². The highest BCUT2D eigenvalue weighted by Crippen LogP contribution is 2.54. The fraction of sp³-hybridized carbons (Fsp3) is 0.500. The van der Waals surface area contributed by atoms with Crippen molar-refractivity contribution in [1.29, 1.82) is 0 Å². The average Bonchev–Trinajstić information content (AvgIpc) is 2.41. The van der Waals surface area contributed by atoms with Gasteiger partial charge in [0.2, 0.25) is 0 Å². The van der Waals surface area contributed by atoms with E-state index in [0.29, 0.717) is 0 Å². The molecule has 12 heavy (non-hydrogen) atoms. The van der Waals surface area contributed by atoms with Crippen LogP contribution in [0.15, 0.2) is 23.8 Å². The van der Waals surface area contributed by atoms with E-state index < -0.39 is 29.4 Å². The van der Waals surface area contributed by atoms with E-state index in [0.717, 1.165) is 0 Å². The van der Waals surface area contributed by atoms with Crippen molar-refractivity contribution >= 4 is 0 Å². The van der Waals surface area contributed by atoms with E-state index in [4.69, 9.17) is 0 Å². The Bertz CT molecular complexity index is 273. The van der Waals surface area contributed by atoms with Crippen molar-refractivity contribution < 1.29 is 17.6 Å². The minimum absolute atomic E-state index is 0.139. The Morgan fingerprint density at radius 2 is 2.00 bits per heavy atom. The molecule has 66 valence electrons. The van der Waals surface area contributed by atoms with Crippen molar-refractivity contribution in [3.8, 4) is 0 Å². The first-order valence-electron chi connectivity index (χ1n) is 3.65. The first-order chi connectivity index (χ1) is 5.53. The molecule has 0 spiro atoms. The molecular formula is C8H6F4. The Morgan fingerprint density at radius 1 is 1.33 bits per heavy atom. The number of allylic oxidation sites excluding steroid dienone is 3. The number of alkyl halides is 2. The van der Waals surface area contributed by atoms with E-state index in [2.05, 4.69) is 0 Å². The lowest BCUT2D eigenvalue weighted by Gasteiger charge is -2.19. The monoisotopic (exact) mass is 178 g/mol. The summed E-state index contributed by atoms with van der Waals surface area (Å²) in [6, 6.07) is 0. The third-order valence-electron chi connectivity index (χ3n) is 2.48. The molecule has 0 radical (unpaired) electrons. The summed E-state index contributed by atoms with van der Waals surface area (Å²) < 4.78 is 50.0. The molecule has 0 N–H and O–H groups in total. The van der Waals surface area contributed by atoms with E-state index >= 15 is 0 Å². The van der Waals surface area contributed by atoms with Crippen molar-refractivity contribution in [2.24, 2.45) is 11.8 Å². The molecule has 2 unspecified atom stereocenters. The summed E-state index contributed by atoms with van der Waals surface area (Å²) in [6.45, 7) is 0. The molecule has 2 aliphatic rings. The zero-order valence-electron chi connectivity index (χ0n) is 6.03. The van der Waals surface area contributed by atoms with Crippen molar-refractivity contribution in [2.75, 3.05) is 0 Å². The summed E-state index contributed by atoms with van der Waals surface area (Å²) in [4.78, 5) is 0. The molecule has 1 fully saturated rings. The van der Waals surface area contributed by atoms with Crippen LogP contribution < -0.4 is 0 Å². The number of halogens is 4. The van der Waals surface area contributed by atoms with Gasteiger partial charge in [-0.25, -0.2) is 8.78 Å². The van der Waals surface area contributed by atoms with Gasteiger partial charge in [0.1, 0.15) is 0 Å². The highest BCUT2D eigenvalue weighted by Gasteiger charge is 2.56. The van der Waals surface area contributed by atoms with Crippen LogP contribution in [0, 0.1) is 11.8 Å². The van der Waals surface area contributed by atoms with Gasteiger partial charge in [0.05, 0.1) is 5.57 Å². The third-order valence-corrected chi connectivity index (χ3v) is 2.48. The standard InChI is InChI=1S/C8H6F4/c9-7(10)6-4-1-2-5(3-4)8(6,11)12/h1-2,4-5H,3H2. The quantitative estimate of drug-likeness (QED) is 0.395. The third kappa shape index (κ3) is 0.778. The molecule has 0 aromatic carbocycles. The second-order valence-corrected chi connectivity index (χ2v) is 3.13. The maximum absolute atomic E-state index is 13.0. The van der Waals surface area contributed by atoms with Crippen LogP contribution in [0.3, 0.4) is 0 Å². The van der Waals surface area contributed by atoms with Crippen LogP contribution in [0.2, 0.25) is 0 Å². The van der Waals surface area contributed by atoms with Crippen LogP contribution in [-0.2, 0) is 0 Å². The van der Waals surface area contributed by atoms with Gasteiger partial charge in [0.25, 0.3) is 12.0 Å². The largest absolute Gasteiger partial charge is 0.281 e. The van der Waals surface area contributed by atoms with Gasteiger partial charge in [0, 0.05) is 11.8 Å². The summed E-state index contributed by atoms with van der Waals surface area (Å²) in [5.41, 5.74) is -0.963. The molecule has 1 saturated carbocycles. The predicted octanol–water partition coefficient (Wildman–Crippen LogP) is 2.98. The van der Waals surface area contributed by atoms with Crippen LogP contribution in [-0.4, -0.2) is 5.92 Å². The van der Waals surface area contributed by atoms with Crippen molar-refractivity contribution in [3.05, 3.63) is 23.8 Å². The van der Waals surface area contributed by atoms with Gasteiger partial charge in [0.15, 0.2) is 0 Å². The van der Waals surface area contributed by atoms with E-state index in [1.54, 1.807) is 0 Å². The summed E-state index contributed by atoms with van der Waals surface area (Å²) in [5, 5.41) is 0. The average molecular weight is 178 g/mol. The molecule has 2 bridgehead atoms. The van der Waals surface area contributed by atoms with E-state index in [-0.39, 0.29) is 6.42 Å². The lowest BCUT2D eigenvalue weighted by atomic mass is 9.98. The zero-order chi connectivity index (χ0) is 8.93. The SMILES string of the molecule is FC(F)=C1C2C=CC(C2)C1(F)F. The summed E-state index contributed by atoms with van der Waals surface area (Å²) >= 11 is 0. The maximum Gasteiger partial charge on any atom is 0.281 e. The van der Waals surface area contributed by atoms with Crippen LogP contribution in [0.4, 0.5) is 17.6 Å². The van der Waals surface area contributed by atoms with Gasteiger partial charge in [-0.05, 0) is 6.42 Å². The molecule has 2 atom stereocenters. The summed E-state index contributed by atoms with van der Waals surface area (Å²) in [6.07, 6.45) is 0.699. The lowest BCUT2D eigenvalue weighted by Crippen LogP contribution is -2.25. The Labute approximate surface area is 66.6 Å². The number of fused-ring (bicyclic) bond motifs is 2. The minimum Gasteiger partial charge on any atom is -0.201 e. The second-order valence-electron chi connectivity index (χ2n) is 3.13. The molecule has 0 aromatic rings. The number of rotatable bonds is 0. The molecule has 0 nitrogen and oxygen atoms in total. The van der Waals surface area contributed by atoms with Crippen LogP contribution >= 0.6 is 0 Å². The lowest BCUT2D eigenvalue weighted by molar-refractivity contribution is 0.0109. The maximum atomic E-state index is 13.0. The molecule has 0 aliphatic heterocycles. The summed E-state index contributed by atoms with van der Waals surface area (Å²) in [5.74, 6) is -5.04. The molecule has 2 rings (SSSR count). The molecule has 0 aromatic heterocycles. The molecular weight excluding hydrogens is 172 g/mol. The fourth-order valence-corrected chi connectivity index (χ4v) is 1.89.